The van der Waals surface area contributed by atoms with E-state index in [9.17, 15) is 17.6 Å². The lowest BCUT2D eigenvalue weighted by Crippen LogP contribution is -2.45. The summed E-state index contributed by atoms with van der Waals surface area (Å²) in [6, 6.07) is 5.04. The molecule has 0 fully saturated rings. The Hall–Kier alpha value is -1.22. The number of benzene rings is 1. The fraction of sp³-hybridized carbons (Fsp3) is 0.462. The molecule has 0 heterocycles. The molecule has 126 valence electrons. The van der Waals surface area contributed by atoms with Gasteiger partial charge in [-0.15, -0.1) is 12.4 Å². The second kappa shape index (κ2) is 8.42. The van der Waals surface area contributed by atoms with Crippen molar-refractivity contribution in [2.45, 2.75) is 30.7 Å². The maximum atomic E-state index is 13.4. The first-order valence-electron chi connectivity index (χ1n) is 6.41. The minimum absolute atomic E-state index is 0. The van der Waals surface area contributed by atoms with Crippen molar-refractivity contribution in [3.63, 3.8) is 0 Å². The quantitative estimate of drug-likeness (QED) is 0.673. The van der Waals surface area contributed by atoms with E-state index in [4.69, 9.17) is 5.73 Å². The van der Waals surface area contributed by atoms with E-state index in [-0.39, 0.29) is 37.8 Å². The van der Waals surface area contributed by atoms with Crippen molar-refractivity contribution in [1.29, 1.82) is 0 Å². The average Bonchev–Trinajstić information content (AvgIpc) is 2.35. The zero-order chi connectivity index (χ0) is 16.1. The van der Waals surface area contributed by atoms with E-state index in [2.05, 4.69) is 10.0 Å². The van der Waals surface area contributed by atoms with Gasteiger partial charge in [0.15, 0.2) is 0 Å². The van der Waals surface area contributed by atoms with E-state index in [1.165, 1.54) is 12.1 Å². The highest BCUT2D eigenvalue weighted by molar-refractivity contribution is 7.89. The molecule has 0 spiro atoms. The molecule has 0 saturated heterocycles. The number of halogens is 2. The second-order valence-corrected chi connectivity index (χ2v) is 7.08. The van der Waals surface area contributed by atoms with Crippen molar-refractivity contribution in [2.75, 3.05) is 13.1 Å². The van der Waals surface area contributed by atoms with E-state index in [0.29, 0.717) is 0 Å². The average molecular weight is 354 g/mol. The van der Waals surface area contributed by atoms with E-state index in [0.717, 1.165) is 12.1 Å². The highest BCUT2D eigenvalue weighted by atomic mass is 35.5. The number of amides is 1. The second-order valence-electron chi connectivity index (χ2n) is 5.34. The van der Waals surface area contributed by atoms with Gasteiger partial charge in [0.2, 0.25) is 15.9 Å². The predicted octanol–water partition coefficient (Wildman–Crippen LogP) is 0.769. The van der Waals surface area contributed by atoms with Gasteiger partial charge in [-0.1, -0.05) is 12.1 Å². The third kappa shape index (κ3) is 7.17. The molecule has 0 aliphatic heterocycles. The molecular formula is C13H21ClFN3O3S. The summed E-state index contributed by atoms with van der Waals surface area (Å²) < 4.78 is 39.3. The van der Waals surface area contributed by atoms with Crippen LogP contribution in [0.2, 0.25) is 0 Å². The first-order valence-corrected chi connectivity index (χ1v) is 7.90. The summed E-state index contributed by atoms with van der Waals surface area (Å²) in [5, 5.41) is 2.59. The Balaban J connectivity index is 0.00000441. The Morgan fingerprint density at radius 3 is 2.45 bits per heavy atom. The smallest absolute Gasteiger partial charge is 0.243 e. The van der Waals surface area contributed by atoms with E-state index in [1.54, 1.807) is 13.8 Å². The lowest BCUT2D eigenvalue weighted by molar-refractivity contribution is -0.121. The topological polar surface area (TPSA) is 101 Å². The van der Waals surface area contributed by atoms with Crippen LogP contribution in [0.5, 0.6) is 0 Å². The molecule has 0 radical (unpaired) electrons. The minimum Gasteiger partial charge on any atom is -0.354 e. The van der Waals surface area contributed by atoms with E-state index >= 15 is 0 Å². The third-order valence-corrected chi connectivity index (χ3v) is 4.01. The minimum atomic E-state index is -3.96. The van der Waals surface area contributed by atoms with E-state index < -0.39 is 26.3 Å². The molecule has 1 amide bonds. The van der Waals surface area contributed by atoms with Crippen molar-refractivity contribution in [3.8, 4) is 0 Å². The van der Waals surface area contributed by atoms with Gasteiger partial charge in [0.1, 0.15) is 10.7 Å². The molecular weight excluding hydrogens is 333 g/mol. The molecule has 0 unspecified atom stereocenters. The van der Waals surface area contributed by atoms with Crippen LogP contribution in [-0.4, -0.2) is 33.0 Å². The molecule has 22 heavy (non-hydrogen) atoms. The van der Waals surface area contributed by atoms with Crippen LogP contribution in [0.25, 0.3) is 0 Å². The predicted molar refractivity (Wildman–Crippen MR) is 84.7 cm³/mol. The number of hydrogen-bond donors (Lipinski definition) is 3. The molecule has 0 aromatic heterocycles. The van der Waals surface area contributed by atoms with Crippen molar-refractivity contribution in [2.24, 2.45) is 5.73 Å². The number of carbonyl (C=O) groups excluding carboxylic acids is 1. The Kier molecular flexibility index (Phi) is 7.96. The van der Waals surface area contributed by atoms with Crippen LogP contribution >= 0.6 is 12.4 Å². The van der Waals surface area contributed by atoms with Gasteiger partial charge in [-0.25, -0.2) is 17.5 Å². The van der Waals surface area contributed by atoms with Crippen LogP contribution in [0.3, 0.4) is 0 Å². The van der Waals surface area contributed by atoms with Gasteiger partial charge in [-0.3, -0.25) is 4.79 Å². The maximum absolute atomic E-state index is 13.4. The summed E-state index contributed by atoms with van der Waals surface area (Å²) in [4.78, 5) is 11.1. The van der Waals surface area contributed by atoms with Crippen molar-refractivity contribution in [1.82, 2.24) is 10.0 Å². The highest BCUT2D eigenvalue weighted by Gasteiger charge is 2.18. The number of carbonyl (C=O) groups is 1. The van der Waals surface area contributed by atoms with Gasteiger partial charge < -0.3 is 11.1 Å². The molecule has 4 N–H and O–H groups in total. The van der Waals surface area contributed by atoms with Gasteiger partial charge >= 0.3 is 0 Å². The third-order valence-electron chi connectivity index (χ3n) is 2.51. The largest absolute Gasteiger partial charge is 0.354 e. The molecule has 0 aliphatic carbocycles. The first-order chi connectivity index (χ1) is 9.62. The van der Waals surface area contributed by atoms with Gasteiger partial charge in [-0.2, -0.15) is 0 Å². The Morgan fingerprint density at radius 1 is 1.32 bits per heavy atom. The monoisotopic (exact) mass is 353 g/mol. The Labute approximate surface area is 136 Å². The lowest BCUT2D eigenvalue weighted by atomic mass is 10.1. The first kappa shape index (κ1) is 20.8. The van der Waals surface area contributed by atoms with Crippen LogP contribution in [0.1, 0.15) is 20.3 Å². The van der Waals surface area contributed by atoms with Gasteiger partial charge in [-0.05, 0) is 26.0 Å². The molecule has 0 atom stereocenters. The summed E-state index contributed by atoms with van der Waals surface area (Å²) in [5.41, 5.74) is 5.17. The number of sulfonamides is 1. The standard InChI is InChI=1S/C13H20FN3O3S.ClH/c1-13(2,15)9-16-12(18)7-8-17-21(19,20)11-6-4-3-5-10(11)14;/h3-6,17H,7-9,15H2,1-2H3,(H,16,18);1H. The molecule has 0 aliphatic rings. The highest BCUT2D eigenvalue weighted by Crippen LogP contribution is 2.12. The Morgan fingerprint density at radius 2 is 1.91 bits per heavy atom. The maximum Gasteiger partial charge on any atom is 0.243 e. The molecule has 6 nitrogen and oxygen atoms in total. The lowest BCUT2D eigenvalue weighted by Gasteiger charge is -2.18. The molecule has 9 heteroatoms. The van der Waals surface area contributed by atoms with Gasteiger partial charge in [0, 0.05) is 25.0 Å². The SMILES string of the molecule is CC(C)(N)CNC(=O)CCNS(=O)(=O)c1ccccc1F.Cl. The number of hydrogen-bond acceptors (Lipinski definition) is 4. The number of nitrogens with one attached hydrogen (secondary N) is 2. The zero-order valence-electron chi connectivity index (χ0n) is 12.4. The summed E-state index contributed by atoms with van der Waals surface area (Å²) >= 11 is 0. The number of nitrogens with two attached hydrogens (primary N) is 1. The van der Waals surface area contributed by atoms with Crippen LogP contribution in [-0.2, 0) is 14.8 Å². The molecule has 0 bridgehead atoms. The van der Waals surface area contributed by atoms with Crippen molar-refractivity contribution < 1.29 is 17.6 Å². The Bertz CT molecular complexity index is 603. The molecule has 1 aromatic carbocycles. The fourth-order valence-electron chi connectivity index (χ4n) is 1.45. The van der Waals surface area contributed by atoms with Crippen molar-refractivity contribution >= 4 is 28.3 Å². The zero-order valence-corrected chi connectivity index (χ0v) is 14.1. The van der Waals surface area contributed by atoms with Crippen LogP contribution in [0, 0.1) is 5.82 Å². The normalized spacial score (nSPS) is 11.6. The van der Waals surface area contributed by atoms with Crippen molar-refractivity contribution in [3.05, 3.63) is 30.1 Å². The summed E-state index contributed by atoms with van der Waals surface area (Å²) in [6.45, 7) is 3.68. The van der Waals surface area contributed by atoms with Crippen LogP contribution < -0.4 is 15.8 Å². The summed E-state index contributed by atoms with van der Waals surface area (Å²) in [5.74, 6) is -1.16. The molecule has 1 rings (SSSR count). The van der Waals surface area contributed by atoms with Gasteiger partial charge in [0.25, 0.3) is 0 Å². The van der Waals surface area contributed by atoms with Crippen LogP contribution in [0.4, 0.5) is 4.39 Å². The molecule has 0 saturated carbocycles. The van der Waals surface area contributed by atoms with Gasteiger partial charge in [0.05, 0.1) is 0 Å². The summed E-state index contributed by atoms with van der Waals surface area (Å²) in [6.07, 6.45) is -0.0518. The summed E-state index contributed by atoms with van der Waals surface area (Å²) in [7, 11) is -3.96. The van der Waals surface area contributed by atoms with E-state index in [1.807, 2.05) is 0 Å². The molecule has 1 aromatic rings. The number of rotatable bonds is 7. The van der Waals surface area contributed by atoms with Crippen LogP contribution in [0.15, 0.2) is 29.2 Å². The fourth-order valence-corrected chi connectivity index (χ4v) is 2.56.